The van der Waals surface area contributed by atoms with Crippen molar-refractivity contribution in [3.63, 3.8) is 0 Å². The molecule has 1 aliphatic rings. The number of hydrogen-bond donors (Lipinski definition) is 3. The van der Waals surface area contributed by atoms with Crippen molar-refractivity contribution in [1.29, 1.82) is 0 Å². The number of aromatic nitrogens is 2. The van der Waals surface area contributed by atoms with Gasteiger partial charge in [0.1, 0.15) is 11.9 Å². The van der Waals surface area contributed by atoms with Crippen LogP contribution in [0.2, 0.25) is 0 Å². The van der Waals surface area contributed by atoms with Gasteiger partial charge in [-0.3, -0.25) is 4.79 Å². The number of H-pyrrole nitrogens is 1. The van der Waals surface area contributed by atoms with Crippen LogP contribution < -0.4 is 10.6 Å². The summed E-state index contributed by atoms with van der Waals surface area (Å²) in [5, 5.41) is 6.27. The van der Waals surface area contributed by atoms with Crippen molar-refractivity contribution in [2.45, 2.75) is 18.6 Å². The molecule has 1 aromatic heterocycles. The minimum atomic E-state index is -0.426. The Bertz CT molecular complexity index is 631. The van der Waals surface area contributed by atoms with E-state index in [1.165, 1.54) is 0 Å². The van der Waals surface area contributed by atoms with Gasteiger partial charge in [0.05, 0.1) is 23.7 Å². The van der Waals surface area contributed by atoms with E-state index in [9.17, 15) is 4.79 Å². The van der Waals surface area contributed by atoms with Gasteiger partial charge in [0, 0.05) is 13.1 Å². The summed E-state index contributed by atoms with van der Waals surface area (Å²) in [6.07, 6.45) is 2.46. The third-order valence-electron chi connectivity index (χ3n) is 3.88. The van der Waals surface area contributed by atoms with Crippen LogP contribution in [-0.4, -0.2) is 53.7 Å². The number of rotatable bonds is 6. The summed E-state index contributed by atoms with van der Waals surface area (Å²) in [6, 6.07) is 7.77. The number of fused-ring (bicyclic) bond motifs is 1. The second-order valence-corrected chi connectivity index (χ2v) is 6.53. The predicted molar refractivity (Wildman–Crippen MR) is 107 cm³/mol. The molecule has 3 rings (SSSR count). The smallest absolute Gasteiger partial charge is 0.251 e. The van der Waals surface area contributed by atoms with Gasteiger partial charge in [0.2, 0.25) is 0 Å². The minimum Gasteiger partial charge on any atom is -0.366 e. The van der Waals surface area contributed by atoms with Crippen molar-refractivity contribution in [3.8, 4) is 0 Å². The van der Waals surface area contributed by atoms with E-state index >= 15 is 0 Å². The molecular weight excluding hydrogens is 383 g/mol. The maximum absolute atomic E-state index is 12.4. The number of para-hydroxylation sites is 2. The molecule has 3 N–H and O–H groups in total. The van der Waals surface area contributed by atoms with E-state index in [0.717, 1.165) is 35.6 Å². The lowest BCUT2D eigenvalue weighted by atomic mass is 10.2. The number of carbonyl (C=O) groups is 1. The third kappa shape index (κ3) is 5.76. The van der Waals surface area contributed by atoms with Crippen LogP contribution in [0.15, 0.2) is 24.3 Å². The minimum absolute atomic E-state index is 0. The van der Waals surface area contributed by atoms with Gasteiger partial charge in [-0.1, -0.05) is 12.1 Å². The molecule has 140 valence electrons. The van der Waals surface area contributed by atoms with Gasteiger partial charge in [-0.25, -0.2) is 4.98 Å². The van der Waals surface area contributed by atoms with Crippen LogP contribution in [0, 0.1) is 0 Å². The van der Waals surface area contributed by atoms with Crippen LogP contribution in [-0.2, 0) is 9.53 Å². The Morgan fingerprint density at radius 2 is 2.24 bits per heavy atom. The number of morpholine rings is 1. The molecule has 2 heterocycles. The van der Waals surface area contributed by atoms with Crippen LogP contribution in [0.1, 0.15) is 18.3 Å². The van der Waals surface area contributed by atoms with Gasteiger partial charge >= 0.3 is 0 Å². The zero-order valence-electron chi connectivity index (χ0n) is 14.0. The van der Waals surface area contributed by atoms with E-state index in [4.69, 9.17) is 4.74 Å². The van der Waals surface area contributed by atoms with Crippen LogP contribution >= 0.6 is 36.6 Å². The Morgan fingerprint density at radius 3 is 2.92 bits per heavy atom. The number of ether oxygens (including phenoxy) is 1. The first-order chi connectivity index (χ1) is 11.3. The van der Waals surface area contributed by atoms with Crippen molar-refractivity contribution in [2.24, 2.45) is 0 Å². The number of nitrogens with zero attached hydrogens (tertiary/aromatic N) is 1. The van der Waals surface area contributed by atoms with Crippen molar-refractivity contribution in [2.75, 3.05) is 31.7 Å². The molecule has 2 aromatic rings. The summed E-state index contributed by atoms with van der Waals surface area (Å²) in [7, 11) is 0. The van der Waals surface area contributed by atoms with Crippen LogP contribution in [0.3, 0.4) is 0 Å². The van der Waals surface area contributed by atoms with Gasteiger partial charge in [-0.2, -0.15) is 11.8 Å². The predicted octanol–water partition coefficient (Wildman–Crippen LogP) is 2.31. The highest BCUT2D eigenvalue weighted by molar-refractivity contribution is 7.98. The highest BCUT2D eigenvalue weighted by Crippen LogP contribution is 2.20. The second-order valence-electron chi connectivity index (χ2n) is 5.55. The monoisotopic (exact) mass is 406 g/mol. The summed E-state index contributed by atoms with van der Waals surface area (Å²) in [6.45, 7) is 1.92. The number of carbonyl (C=O) groups excluding carboxylic acids is 1. The summed E-state index contributed by atoms with van der Waals surface area (Å²) in [4.78, 5) is 20.4. The molecular formula is C16H24Cl2N4O2S. The molecule has 1 aromatic carbocycles. The number of halogens is 2. The van der Waals surface area contributed by atoms with Crippen molar-refractivity contribution >= 4 is 53.5 Å². The van der Waals surface area contributed by atoms with E-state index in [1.54, 1.807) is 11.8 Å². The molecule has 0 saturated carbocycles. The average molecular weight is 407 g/mol. The highest BCUT2D eigenvalue weighted by atomic mass is 35.5. The van der Waals surface area contributed by atoms with Gasteiger partial charge in [-0.15, -0.1) is 24.8 Å². The zero-order chi connectivity index (χ0) is 16.1. The Hall–Kier alpha value is -0.990. The number of aromatic amines is 1. The molecule has 2 atom stereocenters. The van der Waals surface area contributed by atoms with Gasteiger partial charge in [-0.05, 0) is 30.6 Å². The second kappa shape index (κ2) is 10.9. The molecule has 1 fully saturated rings. The average Bonchev–Trinajstić information content (AvgIpc) is 3.03. The molecule has 0 radical (unpaired) electrons. The normalized spacial score (nSPS) is 18.0. The number of hydrogen-bond acceptors (Lipinski definition) is 5. The summed E-state index contributed by atoms with van der Waals surface area (Å²) in [5.41, 5.74) is 1.91. The Labute approximate surface area is 164 Å². The molecule has 2 unspecified atom stereocenters. The number of thioether (sulfide) groups is 1. The molecule has 1 amide bonds. The Morgan fingerprint density at radius 1 is 1.44 bits per heavy atom. The first kappa shape index (κ1) is 22.1. The molecule has 1 aliphatic heterocycles. The number of imidazole rings is 1. The molecule has 0 spiro atoms. The van der Waals surface area contributed by atoms with Gasteiger partial charge < -0.3 is 20.4 Å². The maximum Gasteiger partial charge on any atom is 0.251 e. The highest BCUT2D eigenvalue weighted by Gasteiger charge is 2.25. The first-order valence-electron chi connectivity index (χ1n) is 7.84. The molecule has 9 heteroatoms. The third-order valence-corrected chi connectivity index (χ3v) is 4.53. The maximum atomic E-state index is 12.4. The van der Waals surface area contributed by atoms with Crippen molar-refractivity contribution in [1.82, 2.24) is 20.6 Å². The fourth-order valence-corrected chi connectivity index (χ4v) is 3.12. The Kier molecular flexibility index (Phi) is 9.60. The quantitative estimate of drug-likeness (QED) is 0.685. The number of amides is 1. The zero-order valence-corrected chi connectivity index (χ0v) is 16.4. The lowest BCUT2D eigenvalue weighted by Crippen LogP contribution is -2.48. The fraction of sp³-hybridized carbons (Fsp3) is 0.500. The molecule has 1 saturated heterocycles. The SMILES string of the molecule is CSCCC(NC(=O)C1CNCCO1)c1nc2ccccc2[nH]1.Cl.Cl. The molecule has 0 bridgehead atoms. The number of benzene rings is 1. The molecule has 25 heavy (non-hydrogen) atoms. The fourth-order valence-electron chi connectivity index (χ4n) is 2.65. The van der Waals surface area contributed by atoms with E-state index in [1.807, 2.05) is 24.3 Å². The van der Waals surface area contributed by atoms with Crippen LogP contribution in [0.5, 0.6) is 0 Å². The summed E-state index contributed by atoms with van der Waals surface area (Å²) >= 11 is 1.76. The van der Waals surface area contributed by atoms with Crippen LogP contribution in [0.4, 0.5) is 0 Å². The summed E-state index contributed by atoms with van der Waals surface area (Å²) < 4.78 is 5.53. The lowest BCUT2D eigenvalue weighted by Gasteiger charge is -2.25. The standard InChI is InChI=1S/C16H22N4O2S.2ClH/c1-23-9-6-13(20-16(21)14-10-17-7-8-22-14)15-18-11-4-2-3-5-12(11)19-15;;/h2-5,13-14,17H,6-10H2,1H3,(H,18,19)(H,20,21);2*1H. The summed E-state index contributed by atoms with van der Waals surface area (Å²) in [5.74, 6) is 1.67. The largest absolute Gasteiger partial charge is 0.366 e. The van der Waals surface area contributed by atoms with E-state index in [0.29, 0.717) is 13.2 Å². The Balaban J connectivity index is 0.00000156. The number of nitrogens with one attached hydrogen (secondary N) is 3. The molecule has 0 aliphatic carbocycles. The van der Waals surface area contributed by atoms with Crippen LogP contribution in [0.25, 0.3) is 11.0 Å². The van der Waals surface area contributed by atoms with E-state index < -0.39 is 6.10 Å². The van der Waals surface area contributed by atoms with E-state index in [-0.39, 0.29) is 36.8 Å². The lowest BCUT2D eigenvalue weighted by molar-refractivity contribution is -0.135. The topological polar surface area (TPSA) is 79.0 Å². The first-order valence-corrected chi connectivity index (χ1v) is 9.23. The van der Waals surface area contributed by atoms with Gasteiger partial charge in [0.15, 0.2) is 0 Å². The van der Waals surface area contributed by atoms with Crippen molar-refractivity contribution < 1.29 is 9.53 Å². The van der Waals surface area contributed by atoms with Crippen molar-refractivity contribution in [3.05, 3.63) is 30.1 Å². The molecule has 6 nitrogen and oxygen atoms in total. The van der Waals surface area contributed by atoms with E-state index in [2.05, 4.69) is 26.9 Å². The van der Waals surface area contributed by atoms with Gasteiger partial charge in [0.25, 0.3) is 5.91 Å².